The van der Waals surface area contributed by atoms with Crippen LogP contribution < -0.4 is 5.32 Å². The predicted octanol–water partition coefficient (Wildman–Crippen LogP) is 1.44. The Balaban J connectivity index is 4.43. The molecule has 0 radical (unpaired) electrons. The van der Waals surface area contributed by atoms with Crippen molar-refractivity contribution >= 4 is 35.8 Å². The molecule has 26 heavy (non-hydrogen) atoms. The Hall–Kier alpha value is -1.97. The van der Waals surface area contributed by atoms with E-state index in [4.69, 9.17) is 14.2 Å². The fourth-order valence-corrected chi connectivity index (χ4v) is 2.75. The van der Waals surface area contributed by atoms with Gasteiger partial charge in [0.15, 0.2) is 0 Å². The van der Waals surface area contributed by atoms with Crippen molar-refractivity contribution in [2.24, 2.45) is 5.92 Å². The zero-order chi connectivity index (χ0) is 20.3. The van der Waals surface area contributed by atoms with Crippen molar-refractivity contribution < 1.29 is 38.5 Å². The molecule has 0 aliphatic rings. The zero-order valence-corrected chi connectivity index (χ0v) is 16.5. The number of carbonyl (C=O) groups is 4. The molecule has 10 heteroatoms. The Morgan fingerprint density at radius 3 is 2.15 bits per heavy atom. The SMILES string of the molecule is CC(=O)OCC(CSCC(CNC(=O)OC(C)(C)C)C(=O)O)OC(C)=O. The molecule has 0 fully saturated rings. The second-order valence-corrected chi connectivity index (χ2v) is 7.56. The van der Waals surface area contributed by atoms with E-state index in [9.17, 15) is 24.3 Å². The van der Waals surface area contributed by atoms with E-state index in [1.165, 1.54) is 25.6 Å². The quantitative estimate of drug-likeness (QED) is 0.418. The maximum atomic E-state index is 11.6. The second kappa shape index (κ2) is 11.6. The van der Waals surface area contributed by atoms with Crippen molar-refractivity contribution in [1.82, 2.24) is 5.32 Å². The Bertz CT molecular complexity index is 503. The minimum absolute atomic E-state index is 0.0978. The summed E-state index contributed by atoms with van der Waals surface area (Å²) < 4.78 is 14.9. The molecule has 9 nitrogen and oxygen atoms in total. The van der Waals surface area contributed by atoms with Gasteiger partial charge in [0.25, 0.3) is 0 Å². The molecule has 2 unspecified atom stereocenters. The molecular formula is C16H27NO8S. The zero-order valence-electron chi connectivity index (χ0n) is 15.7. The number of carbonyl (C=O) groups excluding carboxylic acids is 3. The van der Waals surface area contributed by atoms with E-state index < -0.39 is 41.6 Å². The highest BCUT2D eigenvalue weighted by Crippen LogP contribution is 2.13. The lowest BCUT2D eigenvalue weighted by Crippen LogP contribution is -2.38. The van der Waals surface area contributed by atoms with Crippen molar-refractivity contribution in [3.05, 3.63) is 0 Å². The van der Waals surface area contributed by atoms with Crippen LogP contribution in [0.2, 0.25) is 0 Å². The van der Waals surface area contributed by atoms with Gasteiger partial charge in [-0.25, -0.2) is 4.79 Å². The number of alkyl carbamates (subject to hydrolysis) is 1. The molecule has 0 aromatic rings. The molecule has 0 aliphatic carbocycles. The van der Waals surface area contributed by atoms with Crippen LogP contribution in [0.15, 0.2) is 0 Å². The second-order valence-electron chi connectivity index (χ2n) is 6.49. The highest BCUT2D eigenvalue weighted by atomic mass is 32.2. The first-order chi connectivity index (χ1) is 11.9. The summed E-state index contributed by atoms with van der Waals surface area (Å²) in [5, 5.41) is 11.7. The lowest BCUT2D eigenvalue weighted by molar-refractivity contribution is -0.154. The summed E-state index contributed by atoms with van der Waals surface area (Å²) in [4.78, 5) is 44.8. The number of carboxylic acid groups (broad SMARTS) is 1. The molecule has 2 N–H and O–H groups in total. The number of amides is 1. The Morgan fingerprint density at radius 2 is 1.69 bits per heavy atom. The molecule has 0 aromatic carbocycles. The van der Waals surface area contributed by atoms with Gasteiger partial charge in [0.2, 0.25) is 0 Å². The van der Waals surface area contributed by atoms with E-state index in [-0.39, 0.29) is 24.7 Å². The standard InChI is InChI=1S/C16H27NO8S/c1-10(18)23-7-13(24-11(2)19)9-26-8-12(14(20)21)6-17-15(22)25-16(3,4)5/h12-13H,6-9H2,1-5H3,(H,17,22)(H,20,21). The van der Waals surface area contributed by atoms with Gasteiger partial charge in [-0.05, 0) is 20.8 Å². The average molecular weight is 393 g/mol. The minimum atomic E-state index is -1.07. The summed E-state index contributed by atoms with van der Waals surface area (Å²) in [5.74, 6) is -2.52. The Morgan fingerprint density at radius 1 is 1.08 bits per heavy atom. The molecule has 0 spiro atoms. The third-order valence-corrected chi connectivity index (χ3v) is 3.91. The molecule has 0 aromatic heterocycles. The summed E-state index contributed by atoms with van der Waals surface area (Å²) >= 11 is 1.21. The first kappa shape index (κ1) is 24.0. The van der Waals surface area contributed by atoms with Gasteiger partial charge in [-0.15, -0.1) is 0 Å². The van der Waals surface area contributed by atoms with E-state index in [2.05, 4.69) is 5.32 Å². The van der Waals surface area contributed by atoms with Crippen molar-refractivity contribution in [2.75, 3.05) is 24.7 Å². The van der Waals surface area contributed by atoms with Gasteiger partial charge in [-0.2, -0.15) is 11.8 Å². The minimum Gasteiger partial charge on any atom is -0.481 e. The molecule has 0 saturated carbocycles. The number of carboxylic acids is 1. The number of rotatable bonds is 10. The Kier molecular flexibility index (Phi) is 10.7. The largest absolute Gasteiger partial charge is 0.481 e. The molecule has 0 bridgehead atoms. The van der Waals surface area contributed by atoms with Crippen LogP contribution in [0, 0.1) is 5.92 Å². The van der Waals surface area contributed by atoms with E-state index in [1.54, 1.807) is 20.8 Å². The van der Waals surface area contributed by atoms with E-state index in [0.29, 0.717) is 0 Å². The molecule has 150 valence electrons. The number of hydrogen-bond donors (Lipinski definition) is 2. The topological polar surface area (TPSA) is 128 Å². The van der Waals surface area contributed by atoms with Crippen molar-refractivity contribution in [3.8, 4) is 0 Å². The van der Waals surface area contributed by atoms with Crippen LogP contribution in [0.25, 0.3) is 0 Å². The predicted molar refractivity (Wildman–Crippen MR) is 94.9 cm³/mol. The number of ether oxygens (including phenoxy) is 3. The van der Waals surface area contributed by atoms with Crippen LogP contribution in [0.1, 0.15) is 34.6 Å². The summed E-state index contributed by atoms with van der Waals surface area (Å²) in [6, 6.07) is 0. The van der Waals surface area contributed by atoms with Gasteiger partial charge in [-0.3, -0.25) is 14.4 Å². The molecular weight excluding hydrogens is 366 g/mol. The van der Waals surface area contributed by atoms with E-state index >= 15 is 0 Å². The van der Waals surface area contributed by atoms with Crippen LogP contribution in [0.5, 0.6) is 0 Å². The van der Waals surface area contributed by atoms with Crippen LogP contribution in [0.3, 0.4) is 0 Å². The molecule has 0 aliphatic heterocycles. The normalized spacial score (nSPS) is 13.3. The molecule has 2 atom stereocenters. The van der Waals surface area contributed by atoms with Crippen LogP contribution in [-0.2, 0) is 28.6 Å². The monoisotopic (exact) mass is 393 g/mol. The van der Waals surface area contributed by atoms with Gasteiger partial charge in [0, 0.05) is 31.9 Å². The molecule has 0 saturated heterocycles. The van der Waals surface area contributed by atoms with Crippen molar-refractivity contribution in [1.29, 1.82) is 0 Å². The molecule has 0 heterocycles. The van der Waals surface area contributed by atoms with Crippen molar-refractivity contribution in [2.45, 2.75) is 46.3 Å². The highest BCUT2D eigenvalue weighted by Gasteiger charge is 2.22. The maximum absolute atomic E-state index is 11.6. The van der Waals surface area contributed by atoms with Crippen molar-refractivity contribution in [3.63, 3.8) is 0 Å². The smallest absolute Gasteiger partial charge is 0.407 e. The van der Waals surface area contributed by atoms with E-state index in [1.807, 2.05) is 0 Å². The van der Waals surface area contributed by atoms with Crippen LogP contribution in [0.4, 0.5) is 4.79 Å². The van der Waals surface area contributed by atoms with Gasteiger partial charge >= 0.3 is 24.0 Å². The fraction of sp³-hybridized carbons (Fsp3) is 0.750. The van der Waals surface area contributed by atoms with Gasteiger partial charge in [0.1, 0.15) is 18.3 Å². The lowest BCUT2D eigenvalue weighted by atomic mass is 10.2. The van der Waals surface area contributed by atoms with Gasteiger partial charge < -0.3 is 24.6 Å². The van der Waals surface area contributed by atoms with Gasteiger partial charge in [0.05, 0.1) is 5.92 Å². The molecule has 1 amide bonds. The van der Waals surface area contributed by atoms with Gasteiger partial charge in [-0.1, -0.05) is 0 Å². The Labute approximate surface area is 157 Å². The third kappa shape index (κ3) is 13.3. The summed E-state index contributed by atoms with van der Waals surface area (Å²) in [6.45, 7) is 7.38. The van der Waals surface area contributed by atoms with Crippen LogP contribution >= 0.6 is 11.8 Å². The highest BCUT2D eigenvalue weighted by molar-refractivity contribution is 7.99. The number of aliphatic carboxylic acids is 1. The average Bonchev–Trinajstić information content (AvgIpc) is 2.45. The number of esters is 2. The summed E-state index contributed by atoms with van der Waals surface area (Å²) in [7, 11) is 0. The number of thioether (sulfide) groups is 1. The maximum Gasteiger partial charge on any atom is 0.407 e. The molecule has 0 rings (SSSR count). The third-order valence-electron chi connectivity index (χ3n) is 2.67. The number of hydrogen-bond acceptors (Lipinski definition) is 8. The number of nitrogens with one attached hydrogen (secondary N) is 1. The lowest BCUT2D eigenvalue weighted by Gasteiger charge is -2.21. The first-order valence-electron chi connectivity index (χ1n) is 7.98. The summed E-state index contributed by atoms with van der Waals surface area (Å²) in [6.07, 6.45) is -1.36. The van der Waals surface area contributed by atoms with Crippen LogP contribution in [-0.4, -0.2) is 65.5 Å². The summed E-state index contributed by atoms with van der Waals surface area (Å²) in [5.41, 5.74) is -0.675. The fourth-order valence-electron chi connectivity index (χ4n) is 1.64. The van der Waals surface area contributed by atoms with E-state index in [0.717, 1.165) is 0 Å². The first-order valence-corrected chi connectivity index (χ1v) is 9.14.